The Hall–Kier alpha value is -0.830. The van der Waals surface area contributed by atoms with Crippen LogP contribution >= 0.6 is 0 Å². The zero-order chi connectivity index (χ0) is 12.3. The molecule has 2 bridgehead atoms. The summed E-state index contributed by atoms with van der Waals surface area (Å²) in [5, 5.41) is 10.4. The predicted molar refractivity (Wildman–Crippen MR) is 63.2 cm³/mol. The van der Waals surface area contributed by atoms with E-state index in [1.807, 2.05) is 6.92 Å². The second-order valence-corrected chi connectivity index (χ2v) is 6.51. The number of rotatable bonds is 2. The zero-order valence-electron chi connectivity index (χ0n) is 10.3. The van der Waals surface area contributed by atoms with Crippen molar-refractivity contribution in [1.29, 1.82) is 0 Å². The number of aliphatic hydroxyl groups is 1. The van der Waals surface area contributed by atoms with Gasteiger partial charge in [0, 0.05) is 12.5 Å². The molecule has 3 saturated carbocycles. The lowest BCUT2D eigenvalue weighted by atomic mass is 9.63. The SMILES string of the molecule is C=CC(=O)OC12CC3CC(CC(C)(O)C1)C3C2. The molecule has 17 heavy (non-hydrogen) atoms. The van der Waals surface area contributed by atoms with Crippen LogP contribution in [0.1, 0.15) is 39.0 Å². The third-order valence-electron chi connectivity index (χ3n) is 4.95. The molecule has 0 radical (unpaired) electrons. The molecule has 0 aromatic heterocycles. The highest BCUT2D eigenvalue weighted by Gasteiger charge is 2.61. The van der Waals surface area contributed by atoms with Crippen molar-refractivity contribution >= 4 is 5.97 Å². The third kappa shape index (κ3) is 1.71. The molecule has 0 amide bonds. The topological polar surface area (TPSA) is 46.5 Å². The summed E-state index contributed by atoms with van der Waals surface area (Å²) in [6.07, 6.45) is 5.76. The van der Waals surface area contributed by atoms with Crippen LogP contribution in [0.5, 0.6) is 0 Å². The van der Waals surface area contributed by atoms with Gasteiger partial charge < -0.3 is 9.84 Å². The lowest BCUT2D eigenvalue weighted by Gasteiger charge is -2.44. The fraction of sp³-hybridized carbons (Fsp3) is 0.786. The molecule has 3 heteroatoms. The molecule has 3 aliphatic rings. The van der Waals surface area contributed by atoms with Crippen LogP contribution in [0.3, 0.4) is 0 Å². The summed E-state index contributed by atoms with van der Waals surface area (Å²) in [5.74, 6) is 1.68. The Morgan fingerprint density at radius 1 is 1.41 bits per heavy atom. The highest BCUT2D eigenvalue weighted by molar-refractivity contribution is 5.81. The highest BCUT2D eigenvalue weighted by atomic mass is 16.6. The van der Waals surface area contributed by atoms with E-state index in [1.165, 1.54) is 12.5 Å². The summed E-state index contributed by atoms with van der Waals surface area (Å²) in [5.41, 5.74) is -1.11. The fourth-order valence-corrected chi connectivity index (χ4v) is 4.57. The largest absolute Gasteiger partial charge is 0.456 e. The second kappa shape index (κ2) is 3.35. The van der Waals surface area contributed by atoms with Crippen LogP contribution in [0.25, 0.3) is 0 Å². The summed E-state index contributed by atoms with van der Waals surface area (Å²) in [7, 11) is 0. The average molecular weight is 236 g/mol. The first kappa shape index (κ1) is 11.3. The molecule has 94 valence electrons. The van der Waals surface area contributed by atoms with Gasteiger partial charge in [0.1, 0.15) is 5.60 Å². The Morgan fingerprint density at radius 2 is 2.12 bits per heavy atom. The van der Waals surface area contributed by atoms with Crippen LogP contribution in [-0.4, -0.2) is 22.3 Å². The first-order valence-corrected chi connectivity index (χ1v) is 6.51. The molecule has 0 spiro atoms. The van der Waals surface area contributed by atoms with Crippen molar-refractivity contribution in [2.45, 2.75) is 50.2 Å². The van der Waals surface area contributed by atoms with Gasteiger partial charge in [-0.3, -0.25) is 0 Å². The average Bonchev–Trinajstić information content (AvgIpc) is 2.43. The maximum absolute atomic E-state index is 11.5. The van der Waals surface area contributed by atoms with Crippen molar-refractivity contribution in [3.8, 4) is 0 Å². The van der Waals surface area contributed by atoms with Crippen LogP contribution in [-0.2, 0) is 9.53 Å². The lowest BCUT2D eigenvalue weighted by molar-refractivity contribution is -0.160. The molecule has 5 unspecified atom stereocenters. The van der Waals surface area contributed by atoms with E-state index in [1.54, 1.807) is 0 Å². The quantitative estimate of drug-likeness (QED) is 0.589. The summed E-state index contributed by atoms with van der Waals surface area (Å²) in [6, 6.07) is 0. The van der Waals surface area contributed by atoms with Gasteiger partial charge in [-0.2, -0.15) is 0 Å². The molecule has 5 atom stereocenters. The van der Waals surface area contributed by atoms with Crippen LogP contribution in [0.4, 0.5) is 0 Å². The molecule has 3 nitrogen and oxygen atoms in total. The van der Waals surface area contributed by atoms with Crippen molar-refractivity contribution in [1.82, 2.24) is 0 Å². The number of fused-ring (bicyclic) bond motifs is 1. The Kier molecular flexibility index (Phi) is 2.22. The van der Waals surface area contributed by atoms with Crippen molar-refractivity contribution in [3.05, 3.63) is 12.7 Å². The van der Waals surface area contributed by atoms with Crippen LogP contribution < -0.4 is 0 Å². The normalized spacial score (nSPS) is 51.3. The molecule has 3 fully saturated rings. The van der Waals surface area contributed by atoms with Gasteiger partial charge in [-0.15, -0.1) is 0 Å². The molecule has 0 heterocycles. The van der Waals surface area contributed by atoms with E-state index in [-0.39, 0.29) is 5.97 Å². The molecular formula is C14H20O3. The molecule has 0 aromatic carbocycles. The minimum atomic E-state index is -0.688. The van der Waals surface area contributed by atoms with Crippen molar-refractivity contribution in [3.63, 3.8) is 0 Å². The monoisotopic (exact) mass is 236 g/mol. The summed E-state index contributed by atoms with van der Waals surface area (Å²) >= 11 is 0. The Bertz CT molecular complexity index is 374. The second-order valence-electron chi connectivity index (χ2n) is 6.51. The van der Waals surface area contributed by atoms with E-state index in [9.17, 15) is 9.90 Å². The highest BCUT2D eigenvalue weighted by Crippen LogP contribution is 2.62. The standard InChI is InChI=1S/C14H20O3/c1-3-12(15)17-14-6-10-4-9(11(10)7-14)5-13(2,16)8-14/h3,9-11,16H,1,4-8H2,2H3. The summed E-state index contributed by atoms with van der Waals surface area (Å²) in [6.45, 7) is 5.34. The van der Waals surface area contributed by atoms with Crippen molar-refractivity contribution < 1.29 is 14.6 Å². The molecule has 0 aliphatic heterocycles. The number of carbonyl (C=O) groups excluding carboxylic acids is 1. The fourth-order valence-electron chi connectivity index (χ4n) is 4.57. The van der Waals surface area contributed by atoms with Gasteiger partial charge in [0.25, 0.3) is 0 Å². The van der Waals surface area contributed by atoms with Gasteiger partial charge in [0.05, 0.1) is 5.60 Å². The van der Waals surface area contributed by atoms with Gasteiger partial charge in [0.15, 0.2) is 0 Å². The first-order valence-electron chi connectivity index (χ1n) is 6.51. The summed E-state index contributed by atoms with van der Waals surface area (Å²) < 4.78 is 5.61. The number of carbonyl (C=O) groups is 1. The van der Waals surface area contributed by atoms with Gasteiger partial charge in [-0.05, 0) is 50.4 Å². The Labute approximate surface area is 102 Å². The maximum atomic E-state index is 11.5. The minimum Gasteiger partial charge on any atom is -0.456 e. The van der Waals surface area contributed by atoms with Gasteiger partial charge in [-0.1, -0.05) is 6.58 Å². The van der Waals surface area contributed by atoms with E-state index < -0.39 is 11.2 Å². The number of hydrogen-bond donors (Lipinski definition) is 1. The van der Waals surface area contributed by atoms with Crippen molar-refractivity contribution in [2.75, 3.05) is 0 Å². The van der Waals surface area contributed by atoms with Crippen LogP contribution in [0.15, 0.2) is 12.7 Å². The van der Waals surface area contributed by atoms with E-state index in [0.717, 1.165) is 19.3 Å². The maximum Gasteiger partial charge on any atom is 0.330 e. The molecular weight excluding hydrogens is 216 g/mol. The molecule has 3 rings (SSSR count). The van der Waals surface area contributed by atoms with Gasteiger partial charge in [-0.25, -0.2) is 4.79 Å². The molecule has 0 aromatic rings. The molecule has 3 aliphatic carbocycles. The molecule has 1 N–H and O–H groups in total. The molecule has 0 saturated heterocycles. The van der Waals surface area contributed by atoms with Crippen molar-refractivity contribution in [2.24, 2.45) is 17.8 Å². The predicted octanol–water partition coefficient (Wildman–Crippen LogP) is 2.05. The van der Waals surface area contributed by atoms with E-state index in [0.29, 0.717) is 24.2 Å². The van der Waals surface area contributed by atoms with E-state index in [4.69, 9.17) is 4.74 Å². The summed E-state index contributed by atoms with van der Waals surface area (Å²) in [4.78, 5) is 11.5. The lowest BCUT2D eigenvalue weighted by Crippen LogP contribution is -2.44. The van der Waals surface area contributed by atoms with Crippen LogP contribution in [0, 0.1) is 17.8 Å². The first-order chi connectivity index (χ1) is 7.93. The van der Waals surface area contributed by atoms with Gasteiger partial charge >= 0.3 is 5.97 Å². The zero-order valence-corrected chi connectivity index (χ0v) is 10.3. The number of esters is 1. The third-order valence-corrected chi connectivity index (χ3v) is 4.95. The Morgan fingerprint density at radius 3 is 2.82 bits per heavy atom. The smallest absolute Gasteiger partial charge is 0.330 e. The van der Waals surface area contributed by atoms with E-state index >= 15 is 0 Å². The Balaban J connectivity index is 1.87. The van der Waals surface area contributed by atoms with E-state index in [2.05, 4.69) is 6.58 Å². The van der Waals surface area contributed by atoms with Gasteiger partial charge in [0.2, 0.25) is 0 Å². The number of hydrogen-bond acceptors (Lipinski definition) is 3. The number of ether oxygens (including phenoxy) is 1. The van der Waals surface area contributed by atoms with Crippen LogP contribution in [0.2, 0.25) is 0 Å². The minimum absolute atomic E-state index is 0.347.